The van der Waals surface area contributed by atoms with Crippen LogP contribution in [0.2, 0.25) is 5.02 Å². The molecule has 4 heteroatoms. The first-order chi connectivity index (χ1) is 9.63. The number of hydrogen-bond donors (Lipinski definition) is 1. The Bertz CT molecular complexity index is 482. The van der Waals surface area contributed by atoms with Crippen LogP contribution in [0.15, 0.2) is 12.1 Å². The zero-order valence-corrected chi connectivity index (χ0v) is 12.9. The molecule has 1 heterocycles. The monoisotopic (exact) mass is 295 g/mol. The predicted molar refractivity (Wildman–Crippen MR) is 81.8 cm³/mol. The van der Waals surface area contributed by atoms with Crippen LogP contribution in [0.3, 0.4) is 0 Å². The summed E-state index contributed by atoms with van der Waals surface area (Å²) >= 11 is 6.31. The molecule has 0 amide bonds. The molecular formula is C16H22ClNO2. The molecule has 0 unspecified atom stereocenters. The number of hydrogen-bond acceptors (Lipinski definition) is 3. The molecule has 0 aromatic heterocycles. The highest BCUT2D eigenvalue weighted by Crippen LogP contribution is 2.40. The molecule has 1 aliphatic heterocycles. The van der Waals surface area contributed by atoms with Gasteiger partial charge in [-0.15, -0.1) is 0 Å². The van der Waals surface area contributed by atoms with Crippen LogP contribution in [-0.4, -0.2) is 12.8 Å². The van der Waals surface area contributed by atoms with Gasteiger partial charge in [0.25, 0.3) is 0 Å². The first-order valence-corrected chi connectivity index (χ1v) is 7.87. The first kappa shape index (κ1) is 13.9. The standard InChI is InChI=1S/C16H22ClNO2/c1-10(2)11-3-5-12(6-4-11)18-14-8-16-15(7-13(14)17)19-9-20-16/h7-8,10-12,18H,3-6,9H2,1-2H3. The first-order valence-electron chi connectivity index (χ1n) is 7.49. The average Bonchev–Trinajstić information content (AvgIpc) is 2.87. The van der Waals surface area contributed by atoms with E-state index in [4.69, 9.17) is 21.1 Å². The van der Waals surface area contributed by atoms with Gasteiger partial charge >= 0.3 is 0 Å². The van der Waals surface area contributed by atoms with Crippen LogP contribution in [0.4, 0.5) is 5.69 Å². The normalized spacial score (nSPS) is 25.0. The molecule has 3 rings (SSSR count). The third-order valence-corrected chi connectivity index (χ3v) is 4.85. The molecular weight excluding hydrogens is 274 g/mol. The summed E-state index contributed by atoms with van der Waals surface area (Å²) in [7, 11) is 0. The minimum Gasteiger partial charge on any atom is -0.454 e. The molecule has 1 aromatic carbocycles. The Morgan fingerprint density at radius 1 is 1.10 bits per heavy atom. The van der Waals surface area contributed by atoms with Gasteiger partial charge in [-0.3, -0.25) is 0 Å². The molecule has 20 heavy (non-hydrogen) atoms. The lowest BCUT2D eigenvalue weighted by Gasteiger charge is -2.32. The molecule has 0 atom stereocenters. The van der Waals surface area contributed by atoms with E-state index < -0.39 is 0 Å². The third kappa shape index (κ3) is 2.83. The molecule has 0 radical (unpaired) electrons. The maximum absolute atomic E-state index is 6.31. The maximum Gasteiger partial charge on any atom is 0.231 e. The lowest BCUT2D eigenvalue weighted by atomic mass is 9.79. The summed E-state index contributed by atoms with van der Waals surface area (Å²) in [5.74, 6) is 3.20. The van der Waals surface area contributed by atoms with Gasteiger partial charge in [0.1, 0.15) is 0 Å². The van der Waals surface area contributed by atoms with Crippen LogP contribution in [-0.2, 0) is 0 Å². The number of fused-ring (bicyclic) bond motifs is 1. The van der Waals surface area contributed by atoms with Gasteiger partial charge in [-0.1, -0.05) is 25.4 Å². The molecule has 3 nitrogen and oxygen atoms in total. The molecule has 0 bridgehead atoms. The fourth-order valence-electron chi connectivity index (χ4n) is 3.18. The van der Waals surface area contributed by atoms with Gasteiger partial charge in [-0.25, -0.2) is 0 Å². The third-order valence-electron chi connectivity index (χ3n) is 4.54. The van der Waals surface area contributed by atoms with Gasteiger partial charge in [0.15, 0.2) is 11.5 Å². The van der Waals surface area contributed by atoms with E-state index in [0.29, 0.717) is 11.1 Å². The lowest BCUT2D eigenvalue weighted by Crippen LogP contribution is -2.28. The summed E-state index contributed by atoms with van der Waals surface area (Å²) in [4.78, 5) is 0. The summed E-state index contributed by atoms with van der Waals surface area (Å²) in [6, 6.07) is 4.31. The molecule has 110 valence electrons. The van der Waals surface area contributed by atoms with Crippen LogP contribution < -0.4 is 14.8 Å². The molecule has 2 aliphatic rings. The van der Waals surface area contributed by atoms with Crippen molar-refractivity contribution in [3.63, 3.8) is 0 Å². The number of halogens is 1. The van der Waals surface area contributed by atoms with Gasteiger partial charge < -0.3 is 14.8 Å². The lowest BCUT2D eigenvalue weighted by molar-refractivity contribution is 0.174. The zero-order valence-electron chi connectivity index (χ0n) is 12.1. The number of nitrogens with one attached hydrogen (secondary N) is 1. The van der Waals surface area contributed by atoms with Gasteiger partial charge in [-0.05, 0) is 37.5 Å². The highest BCUT2D eigenvalue weighted by molar-refractivity contribution is 6.33. The van der Waals surface area contributed by atoms with Gasteiger partial charge in [-0.2, -0.15) is 0 Å². The molecule has 1 aliphatic carbocycles. The van der Waals surface area contributed by atoms with Crippen LogP contribution in [0, 0.1) is 11.8 Å². The van der Waals surface area contributed by atoms with Crippen LogP contribution in [0.1, 0.15) is 39.5 Å². The highest BCUT2D eigenvalue weighted by Gasteiger charge is 2.24. The average molecular weight is 296 g/mol. The van der Waals surface area contributed by atoms with Crippen molar-refractivity contribution in [2.75, 3.05) is 12.1 Å². The fraction of sp³-hybridized carbons (Fsp3) is 0.625. The number of rotatable bonds is 3. The molecule has 0 spiro atoms. The van der Waals surface area contributed by atoms with Gasteiger partial charge in [0.2, 0.25) is 6.79 Å². The van der Waals surface area contributed by atoms with E-state index in [-0.39, 0.29) is 6.79 Å². The van der Waals surface area contributed by atoms with E-state index in [2.05, 4.69) is 19.2 Å². The van der Waals surface area contributed by atoms with Crippen molar-refractivity contribution >= 4 is 17.3 Å². The second-order valence-electron chi connectivity index (χ2n) is 6.19. The Morgan fingerprint density at radius 2 is 1.75 bits per heavy atom. The summed E-state index contributed by atoms with van der Waals surface area (Å²) < 4.78 is 10.7. The summed E-state index contributed by atoms with van der Waals surface area (Å²) in [6.07, 6.45) is 5.04. The van der Waals surface area contributed by atoms with E-state index in [1.165, 1.54) is 25.7 Å². The molecule has 1 fully saturated rings. The smallest absolute Gasteiger partial charge is 0.231 e. The van der Waals surface area contributed by atoms with E-state index in [0.717, 1.165) is 29.0 Å². The second-order valence-corrected chi connectivity index (χ2v) is 6.59. The van der Waals surface area contributed by atoms with Crippen molar-refractivity contribution in [1.82, 2.24) is 0 Å². The second kappa shape index (κ2) is 5.72. The van der Waals surface area contributed by atoms with Crippen molar-refractivity contribution in [3.05, 3.63) is 17.2 Å². The predicted octanol–water partition coefficient (Wildman–Crippen LogP) is 4.70. The van der Waals surface area contributed by atoms with Crippen molar-refractivity contribution in [2.24, 2.45) is 11.8 Å². The largest absolute Gasteiger partial charge is 0.454 e. The Balaban J connectivity index is 1.64. The Hall–Kier alpha value is -1.09. The molecule has 0 saturated heterocycles. The SMILES string of the molecule is CC(C)C1CCC(Nc2cc3c(cc2Cl)OCO3)CC1. The van der Waals surface area contributed by atoms with Crippen molar-refractivity contribution in [2.45, 2.75) is 45.6 Å². The van der Waals surface area contributed by atoms with Crippen molar-refractivity contribution in [1.29, 1.82) is 0 Å². The number of ether oxygens (including phenoxy) is 2. The minimum atomic E-state index is 0.286. The van der Waals surface area contributed by atoms with E-state index in [9.17, 15) is 0 Å². The van der Waals surface area contributed by atoms with Crippen molar-refractivity contribution in [3.8, 4) is 11.5 Å². The van der Waals surface area contributed by atoms with Gasteiger partial charge in [0.05, 0.1) is 10.7 Å². The van der Waals surface area contributed by atoms with Crippen LogP contribution >= 0.6 is 11.6 Å². The summed E-state index contributed by atoms with van der Waals surface area (Å²) in [6.45, 7) is 4.94. The molecule has 1 aromatic rings. The highest BCUT2D eigenvalue weighted by atomic mass is 35.5. The Morgan fingerprint density at radius 3 is 2.40 bits per heavy atom. The van der Waals surface area contributed by atoms with Crippen LogP contribution in [0.25, 0.3) is 0 Å². The Kier molecular flexibility index (Phi) is 3.97. The summed E-state index contributed by atoms with van der Waals surface area (Å²) in [5.41, 5.74) is 0.962. The van der Waals surface area contributed by atoms with Gasteiger partial charge in [0, 0.05) is 18.2 Å². The zero-order chi connectivity index (χ0) is 14.1. The molecule has 1 N–H and O–H groups in total. The molecule has 1 saturated carbocycles. The number of benzene rings is 1. The van der Waals surface area contributed by atoms with E-state index >= 15 is 0 Å². The van der Waals surface area contributed by atoms with Crippen molar-refractivity contribution < 1.29 is 9.47 Å². The van der Waals surface area contributed by atoms with Crippen LogP contribution in [0.5, 0.6) is 11.5 Å². The number of anilines is 1. The topological polar surface area (TPSA) is 30.5 Å². The van der Waals surface area contributed by atoms with E-state index in [1.807, 2.05) is 12.1 Å². The summed E-state index contributed by atoms with van der Waals surface area (Å²) in [5, 5.41) is 4.28. The van der Waals surface area contributed by atoms with E-state index in [1.54, 1.807) is 0 Å². The maximum atomic E-state index is 6.31. The fourth-order valence-corrected chi connectivity index (χ4v) is 3.39. The minimum absolute atomic E-state index is 0.286. The quantitative estimate of drug-likeness (QED) is 0.877. The Labute approximate surface area is 125 Å².